The smallest absolute Gasteiger partial charge is 0.308 e. The van der Waals surface area contributed by atoms with Crippen LogP contribution in [0.5, 0.6) is 0 Å². The quantitative estimate of drug-likeness (QED) is 0.0413. The summed E-state index contributed by atoms with van der Waals surface area (Å²) < 4.78 is 59.5. The maximum atomic E-state index is 12.0. The largest absolute Gasteiger partial charge is 0.460 e. The fraction of sp³-hybridized carbons (Fsp3) is 0.852. The highest BCUT2D eigenvalue weighted by molar-refractivity contribution is 5.75. The predicted molar refractivity (Wildman–Crippen MR) is 290 cm³/mol. The van der Waals surface area contributed by atoms with Gasteiger partial charge in [-0.2, -0.15) is 0 Å². The molecule has 0 saturated carbocycles. The summed E-state index contributed by atoms with van der Waals surface area (Å²) in [4.78, 5) is 92.6. The van der Waals surface area contributed by atoms with Gasteiger partial charge in [-0.25, -0.2) is 0 Å². The Balaban J connectivity index is 0.000000396. The molecule has 4 amide bonds. The number of nitrogens with one attached hydrogen (secondary N) is 4. The Hall–Kier alpha value is -4.84. The first-order valence-electron chi connectivity index (χ1n) is 28.6. The van der Waals surface area contributed by atoms with Crippen molar-refractivity contribution < 1.29 is 131 Å². The number of carbonyl (C=O) groups is 8. The first kappa shape index (κ1) is 76.3. The molecule has 5 heterocycles. The zero-order chi connectivity index (χ0) is 64.5. The van der Waals surface area contributed by atoms with Gasteiger partial charge >= 0.3 is 23.9 Å². The summed E-state index contributed by atoms with van der Waals surface area (Å²) in [7, 11) is 0. The lowest BCUT2D eigenvalue weighted by molar-refractivity contribution is -0.364. The lowest BCUT2D eigenvalue weighted by atomic mass is 9.95. The van der Waals surface area contributed by atoms with Crippen molar-refractivity contribution in [2.75, 3.05) is 26.4 Å². The van der Waals surface area contributed by atoms with Crippen molar-refractivity contribution in [2.45, 2.75) is 269 Å². The first-order valence-corrected chi connectivity index (χ1v) is 28.6. The molecule has 19 atom stereocenters. The molecule has 5 saturated heterocycles. The van der Waals surface area contributed by atoms with Crippen LogP contribution in [0.4, 0.5) is 0 Å². The minimum atomic E-state index is -1.45. The van der Waals surface area contributed by atoms with Gasteiger partial charge in [0.1, 0.15) is 79.1 Å². The second-order valence-corrected chi connectivity index (χ2v) is 21.4. The summed E-state index contributed by atoms with van der Waals surface area (Å²) in [6.45, 7) is 19.1. The van der Waals surface area contributed by atoms with Gasteiger partial charge in [-0.3, -0.25) is 38.4 Å². The van der Waals surface area contributed by atoms with Crippen LogP contribution in [0.1, 0.15) is 141 Å². The molecule has 0 aromatic rings. The van der Waals surface area contributed by atoms with Crippen LogP contribution in [0.3, 0.4) is 0 Å². The van der Waals surface area contributed by atoms with E-state index >= 15 is 0 Å². The minimum Gasteiger partial charge on any atom is -0.460 e. The van der Waals surface area contributed by atoms with Crippen LogP contribution in [-0.4, -0.2) is 243 Å². The molecule has 5 aliphatic heterocycles. The van der Waals surface area contributed by atoms with Gasteiger partial charge in [-0.15, -0.1) is 0 Å². The second kappa shape index (κ2) is 37.8. The number of ether oxygens (including phenoxy) is 11. The molecular weight excluding hydrogens is 1140 g/mol. The maximum absolute atomic E-state index is 12.0. The fourth-order valence-corrected chi connectivity index (χ4v) is 9.00. The Morgan fingerprint density at radius 3 is 1.42 bits per heavy atom. The van der Waals surface area contributed by atoms with Crippen LogP contribution in [0.15, 0.2) is 0 Å². The van der Waals surface area contributed by atoms with Gasteiger partial charge in [0.05, 0.1) is 38.6 Å². The molecule has 0 radical (unpaired) electrons. The topological polar surface area (TPSA) is 448 Å². The Labute approximate surface area is 494 Å². The van der Waals surface area contributed by atoms with Crippen LogP contribution in [0, 0.1) is 0 Å². The summed E-state index contributed by atoms with van der Waals surface area (Å²) in [5.41, 5.74) is 0. The molecule has 12 unspecified atom stereocenters. The Morgan fingerprint density at radius 2 is 0.953 bits per heavy atom. The van der Waals surface area contributed by atoms with Gasteiger partial charge in [-0.05, 0) is 53.4 Å². The predicted octanol–water partition coefficient (Wildman–Crippen LogP) is -2.65. The molecule has 0 spiro atoms. The van der Waals surface area contributed by atoms with Crippen molar-refractivity contribution in [1.82, 2.24) is 21.3 Å². The van der Waals surface area contributed by atoms with E-state index in [1.807, 2.05) is 27.7 Å². The number of fused-ring (bicyclic) bond motifs is 1. The highest BCUT2D eigenvalue weighted by Gasteiger charge is 2.52. The summed E-state index contributed by atoms with van der Waals surface area (Å²) >= 11 is 0. The number of hydrogen-bond donors (Lipinski definition) is 12. The van der Waals surface area contributed by atoms with Gasteiger partial charge in [0.2, 0.25) is 36.2 Å². The highest BCUT2D eigenvalue weighted by Crippen LogP contribution is 2.32. The number of aliphatic hydroxyl groups excluding tert-OH is 8. The molecule has 31 nitrogen and oxygen atoms in total. The SMILES string of the molecule is CC(=O)NC1C(O)OC(CO)[C@@H](O)[C@@H]1O.CC(=O)NC1C(O)OC2COC(C)(C)O[C@H]2[C@@H]1O.CCCC(=O)OC1OC(CO)[C@@H](O)[C@H](OC(=O)CCC)C1NC(C)=O.CCCC(=O)OC1OC(COC(C)C)C[C@H](OC(=O)CCC)C1NC(C)=O. The van der Waals surface area contributed by atoms with Crippen molar-refractivity contribution in [3.63, 3.8) is 0 Å². The molecule has 5 aliphatic rings. The average Bonchev–Trinajstić information content (AvgIpc) is 2.23. The molecule has 5 rings (SSSR count). The summed E-state index contributed by atoms with van der Waals surface area (Å²) in [6, 6.07) is -3.85. The molecule has 5 fully saturated rings. The second-order valence-electron chi connectivity index (χ2n) is 21.4. The molecule has 12 N–H and O–H groups in total. The third-order valence-corrected chi connectivity index (χ3v) is 12.9. The average molecular weight is 1230 g/mol. The molecule has 85 heavy (non-hydrogen) atoms. The van der Waals surface area contributed by atoms with E-state index < -0.39 is 165 Å². The summed E-state index contributed by atoms with van der Waals surface area (Å²) in [5, 5.41) is 86.7. The van der Waals surface area contributed by atoms with Crippen LogP contribution in [-0.2, 0) is 90.5 Å². The molecule has 31 heteroatoms. The molecule has 0 bridgehead atoms. The summed E-state index contributed by atoms with van der Waals surface area (Å²) in [5.74, 6) is -4.36. The minimum absolute atomic E-state index is 0.00357. The van der Waals surface area contributed by atoms with Crippen LogP contribution < -0.4 is 21.3 Å². The van der Waals surface area contributed by atoms with E-state index in [9.17, 15) is 74.1 Å². The van der Waals surface area contributed by atoms with Gasteiger partial charge in [-0.1, -0.05) is 27.7 Å². The molecule has 0 aliphatic carbocycles. The maximum Gasteiger partial charge on any atom is 0.308 e. The third kappa shape index (κ3) is 25.8. The van der Waals surface area contributed by atoms with Crippen molar-refractivity contribution >= 4 is 47.5 Å². The number of carbonyl (C=O) groups excluding carboxylic acids is 8. The van der Waals surface area contributed by atoms with E-state index in [0.29, 0.717) is 32.1 Å². The molecule has 0 aromatic carbocycles. The van der Waals surface area contributed by atoms with E-state index in [-0.39, 0.29) is 62.8 Å². The van der Waals surface area contributed by atoms with Crippen molar-refractivity contribution in [2.24, 2.45) is 0 Å². The number of aliphatic hydroxyl groups is 8. The monoisotopic (exact) mass is 1230 g/mol. The van der Waals surface area contributed by atoms with E-state index in [4.69, 9.17) is 57.2 Å². The first-order chi connectivity index (χ1) is 39.9. The third-order valence-electron chi connectivity index (χ3n) is 12.9. The van der Waals surface area contributed by atoms with Crippen molar-refractivity contribution in [1.29, 1.82) is 0 Å². The molecule has 492 valence electrons. The van der Waals surface area contributed by atoms with Crippen molar-refractivity contribution in [3.05, 3.63) is 0 Å². The Morgan fingerprint density at radius 1 is 0.529 bits per heavy atom. The van der Waals surface area contributed by atoms with Gasteiger partial charge in [0, 0.05) is 59.8 Å². The van der Waals surface area contributed by atoms with E-state index in [1.54, 1.807) is 27.7 Å². The zero-order valence-corrected chi connectivity index (χ0v) is 50.6. The van der Waals surface area contributed by atoms with Crippen LogP contribution >= 0.6 is 0 Å². The normalized spacial score (nSPS) is 32.9. The van der Waals surface area contributed by atoms with Gasteiger partial charge in [0.15, 0.2) is 24.5 Å². The lowest BCUT2D eigenvalue weighted by Gasteiger charge is -2.48. The van der Waals surface area contributed by atoms with E-state index in [0.717, 1.165) is 0 Å². The highest BCUT2D eigenvalue weighted by atomic mass is 16.8. The Kier molecular flexibility index (Phi) is 33.9. The standard InChI is InChI=1S/C19H33NO7.C16H27NO8.C11H19NO6.C8H15NO6/c1-6-8-16(22)26-15-10-14(11-24-12(3)4)25-19(18(15)20-13(5)21)27-17(23)9-7-2;1-4-6-11(20)24-15-13(17-9(3)19)16(25-12(21)7-5-2)23-10(8-18)14(15)22;1-5(13)12-7-8(14)9-6(17-10(7)15)4-16-11(2,3)18-9;1-3(11)9-5-7(13)6(12)4(2-10)15-8(5)14/h12,14-15,18-19H,6-11H2,1-5H3,(H,20,21);10,13-16,18,22H,4-8H2,1-3H3,(H,17,19);6-10,14-15H,4H2,1-3H3,(H,12,13);4-8,10,12-14H,2H2,1H3,(H,9,11)/t14?,15-,18?,19?;10?,13?,14-,15-,16?;6?,7?,8-,9-,10?;4?,5?,6-,7-,8?/m0111/s1. The number of rotatable bonds is 21. The van der Waals surface area contributed by atoms with E-state index in [1.165, 1.54) is 27.7 Å². The zero-order valence-electron chi connectivity index (χ0n) is 50.6. The molecular formula is C54H94N4O27. The van der Waals surface area contributed by atoms with Gasteiger partial charge < -0.3 is 114 Å². The summed E-state index contributed by atoms with van der Waals surface area (Å²) in [6.07, 6.45) is -12.4. The van der Waals surface area contributed by atoms with E-state index in [2.05, 4.69) is 21.3 Å². The number of amides is 4. The fourth-order valence-electron chi connectivity index (χ4n) is 9.00. The number of esters is 4. The van der Waals surface area contributed by atoms with Crippen LogP contribution in [0.2, 0.25) is 0 Å². The van der Waals surface area contributed by atoms with Crippen LogP contribution in [0.25, 0.3) is 0 Å². The Bertz CT molecular complexity index is 2060. The number of hydrogen-bond acceptors (Lipinski definition) is 27. The molecule has 0 aromatic heterocycles. The van der Waals surface area contributed by atoms with Crippen molar-refractivity contribution in [3.8, 4) is 0 Å². The van der Waals surface area contributed by atoms with Gasteiger partial charge in [0.25, 0.3) is 0 Å². The lowest BCUT2D eigenvalue weighted by Crippen LogP contribution is -2.67.